The highest BCUT2D eigenvalue weighted by atomic mass is 19.1. The summed E-state index contributed by atoms with van der Waals surface area (Å²) in [7, 11) is 0. The molecule has 1 atom stereocenters. The van der Waals surface area contributed by atoms with Crippen molar-refractivity contribution in [3.8, 4) is 6.07 Å². The van der Waals surface area contributed by atoms with E-state index in [0.29, 0.717) is 31.7 Å². The number of halogens is 2. The van der Waals surface area contributed by atoms with Crippen LogP contribution < -0.4 is 5.32 Å². The molecule has 8 heteroatoms. The number of hydrogen-bond donors (Lipinski definition) is 1. The Morgan fingerprint density at radius 3 is 2.30 bits per heavy atom. The summed E-state index contributed by atoms with van der Waals surface area (Å²) >= 11 is 0. The van der Waals surface area contributed by atoms with Gasteiger partial charge in [0, 0.05) is 32.7 Å². The maximum atomic E-state index is 14.0. The molecule has 0 aromatic heterocycles. The van der Waals surface area contributed by atoms with E-state index in [1.165, 1.54) is 6.07 Å². The summed E-state index contributed by atoms with van der Waals surface area (Å²) < 4.78 is 28.0. The summed E-state index contributed by atoms with van der Waals surface area (Å²) in [6.45, 7) is 6.78. The summed E-state index contributed by atoms with van der Waals surface area (Å²) in [5, 5.41) is 11.5. The Bertz CT molecular complexity index is 1010. The van der Waals surface area contributed by atoms with Gasteiger partial charge in [-0.05, 0) is 42.2 Å². The lowest BCUT2D eigenvalue weighted by atomic mass is 10.0. The van der Waals surface area contributed by atoms with Crippen molar-refractivity contribution in [1.29, 1.82) is 5.26 Å². The maximum Gasteiger partial charge on any atom is 0.257 e. The zero-order valence-electron chi connectivity index (χ0n) is 18.9. The molecule has 0 aliphatic carbocycles. The molecule has 1 unspecified atom stereocenters. The van der Waals surface area contributed by atoms with Gasteiger partial charge in [-0.3, -0.25) is 14.5 Å². The third kappa shape index (κ3) is 6.14. The highest BCUT2D eigenvalue weighted by Gasteiger charge is 2.31. The third-order valence-corrected chi connectivity index (χ3v) is 5.80. The van der Waals surface area contributed by atoms with Crippen LogP contribution in [0.25, 0.3) is 0 Å². The fourth-order valence-corrected chi connectivity index (χ4v) is 3.93. The van der Waals surface area contributed by atoms with E-state index in [0.717, 1.165) is 30.7 Å². The predicted octanol–water partition coefficient (Wildman–Crippen LogP) is 3.33. The van der Waals surface area contributed by atoms with Gasteiger partial charge in [0.15, 0.2) is 0 Å². The molecule has 0 radical (unpaired) electrons. The van der Waals surface area contributed by atoms with Gasteiger partial charge in [-0.2, -0.15) is 5.26 Å². The monoisotopic (exact) mass is 454 g/mol. The fraction of sp³-hybridized carbons (Fsp3) is 0.400. The minimum atomic E-state index is -0.962. The summed E-state index contributed by atoms with van der Waals surface area (Å²) in [6.07, 6.45) is 0.767. The smallest absolute Gasteiger partial charge is 0.257 e. The van der Waals surface area contributed by atoms with Crippen molar-refractivity contribution in [3.63, 3.8) is 0 Å². The molecular weight excluding hydrogens is 426 g/mol. The summed E-state index contributed by atoms with van der Waals surface area (Å²) in [5.74, 6) is -3.37. The topological polar surface area (TPSA) is 76.4 Å². The van der Waals surface area contributed by atoms with Gasteiger partial charge in [-0.15, -0.1) is 0 Å². The Labute approximate surface area is 192 Å². The first-order valence-corrected chi connectivity index (χ1v) is 11.0. The molecule has 3 rings (SSSR count). The Hall–Kier alpha value is -3.31. The number of nitrogens with zero attached hydrogens (tertiary/aromatic N) is 3. The van der Waals surface area contributed by atoms with Gasteiger partial charge in [0.05, 0.1) is 11.6 Å². The average Bonchev–Trinajstić information content (AvgIpc) is 3.03. The van der Waals surface area contributed by atoms with E-state index < -0.39 is 29.1 Å². The molecule has 33 heavy (non-hydrogen) atoms. The second-order valence-corrected chi connectivity index (χ2v) is 8.56. The second-order valence-electron chi connectivity index (χ2n) is 8.56. The van der Waals surface area contributed by atoms with Gasteiger partial charge in [0.2, 0.25) is 5.91 Å². The van der Waals surface area contributed by atoms with E-state index in [4.69, 9.17) is 5.26 Å². The van der Waals surface area contributed by atoms with Crippen LogP contribution in [0.15, 0.2) is 42.5 Å². The van der Waals surface area contributed by atoms with Gasteiger partial charge in [-0.25, -0.2) is 8.78 Å². The number of carbonyl (C=O) groups excluding carboxylic acids is 2. The molecule has 174 valence electrons. The molecular formula is C25H28F2N4O2. The number of benzene rings is 2. The van der Waals surface area contributed by atoms with E-state index >= 15 is 0 Å². The molecule has 1 heterocycles. The number of carbonyl (C=O) groups is 2. The number of rotatable bonds is 6. The zero-order valence-corrected chi connectivity index (χ0v) is 18.9. The van der Waals surface area contributed by atoms with Crippen molar-refractivity contribution in [2.75, 3.05) is 26.2 Å². The highest BCUT2D eigenvalue weighted by molar-refractivity contribution is 5.98. The van der Waals surface area contributed by atoms with E-state index in [-0.39, 0.29) is 11.8 Å². The molecule has 1 saturated heterocycles. The van der Waals surface area contributed by atoms with Crippen molar-refractivity contribution in [3.05, 3.63) is 70.8 Å². The third-order valence-electron chi connectivity index (χ3n) is 5.80. The van der Waals surface area contributed by atoms with Crippen LogP contribution in [0, 0.1) is 28.9 Å². The van der Waals surface area contributed by atoms with Crippen LogP contribution in [0.4, 0.5) is 8.78 Å². The minimum absolute atomic E-state index is 0.254. The van der Waals surface area contributed by atoms with E-state index in [2.05, 4.69) is 16.3 Å². The summed E-state index contributed by atoms with van der Waals surface area (Å²) in [5.41, 5.74) is 1.02. The standard InChI is InChI=1S/C25H28F2N4O2/c1-17(2)23(29-24(32)22-20(26)5-3-6-21(22)27)25(33)31-12-4-11-30(13-14-31)16-19-9-7-18(15-28)8-10-19/h3,5-10,17,23H,4,11-14,16H2,1-2H3,(H,29,32). The first-order valence-electron chi connectivity index (χ1n) is 11.0. The molecule has 1 aliphatic heterocycles. The van der Waals surface area contributed by atoms with Gasteiger partial charge in [0.25, 0.3) is 5.91 Å². The number of nitriles is 1. The van der Waals surface area contributed by atoms with Crippen molar-refractivity contribution < 1.29 is 18.4 Å². The highest BCUT2D eigenvalue weighted by Crippen LogP contribution is 2.16. The molecule has 2 aromatic rings. The van der Waals surface area contributed by atoms with Crippen LogP contribution in [0.5, 0.6) is 0 Å². The Kier molecular flexibility index (Phi) is 8.12. The SMILES string of the molecule is CC(C)C(NC(=O)c1c(F)cccc1F)C(=O)N1CCCN(Cc2ccc(C#N)cc2)CC1. The predicted molar refractivity (Wildman–Crippen MR) is 120 cm³/mol. The summed E-state index contributed by atoms with van der Waals surface area (Å²) in [6, 6.07) is 11.9. The van der Waals surface area contributed by atoms with Gasteiger partial charge in [-0.1, -0.05) is 32.0 Å². The normalized spacial score (nSPS) is 15.6. The molecule has 0 bridgehead atoms. The molecule has 6 nitrogen and oxygen atoms in total. The van der Waals surface area contributed by atoms with E-state index in [1.54, 1.807) is 30.9 Å². The van der Waals surface area contributed by atoms with Crippen LogP contribution in [0.3, 0.4) is 0 Å². The molecule has 1 fully saturated rings. The zero-order chi connectivity index (χ0) is 24.0. The van der Waals surface area contributed by atoms with Crippen LogP contribution in [0.2, 0.25) is 0 Å². The minimum Gasteiger partial charge on any atom is -0.340 e. The fourth-order valence-electron chi connectivity index (χ4n) is 3.93. The molecule has 2 aromatic carbocycles. The largest absolute Gasteiger partial charge is 0.340 e. The Morgan fingerprint density at radius 1 is 1.03 bits per heavy atom. The first kappa shape index (κ1) is 24.3. The molecule has 1 aliphatic rings. The Balaban J connectivity index is 1.64. The van der Waals surface area contributed by atoms with Crippen molar-refractivity contribution >= 4 is 11.8 Å². The molecule has 2 amide bonds. The van der Waals surface area contributed by atoms with E-state index in [1.807, 2.05) is 12.1 Å². The van der Waals surface area contributed by atoms with Gasteiger partial charge < -0.3 is 10.2 Å². The van der Waals surface area contributed by atoms with Gasteiger partial charge in [0.1, 0.15) is 23.2 Å². The quantitative estimate of drug-likeness (QED) is 0.727. The second kappa shape index (κ2) is 11.0. The van der Waals surface area contributed by atoms with Crippen LogP contribution >= 0.6 is 0 Å². The van der Waals surface area contributed by atoms with Crippen LogP contribution in [-0.2, 0) is 11.3 Å². The lowest BCUT2D eigenvalue weighted by molar-refractivity contribution is -0.134. The molecule has 0 saturated carbocycles. The lowest BCUT2D eigenvalue weighted by Crippen LogP contribution is -2.52. The maximum absolute atomic E-state index is 14.0. The summed E-state index contributed by atoms with van der Waals surface area (Å²) in [4.78, 5) is 29.8. The first-order chi connectivity index (χ1) is 15.8. The molecule has 0 spiro atoms. The van der Waals surface area contributed by atoms with Crippen LogP contribution in [0.1, 0.15) is 41.8 Å². The van der Waals surface area contributed by atoms with Crippen molar-refractivity contribution in [2.24, 2.45) is 5.92 Å². The lowest BCUT2D eigenvalue weighted by Gasteiger charge is -2.29. The van der Waals surface area contributed by atoms with Crippen LogP contribution in [-0.4, -0.2) is 53.8 Å². The number of nitrogens with one attached hydrogen (secondary N) is 1. The van der Waals surface area contributed by atoms with Crippen molar-refractivity contribution in [1.82, 2.24) is 15.1 Å². The number of amides is 2. The van der Waals surface area contributed by atoms with Gasteiger partial charge >= 0.3 is 0 Å². The number of hydrogen-bond acceptors (Lipinski definition) is 4. The Morgan fingerprint density at radius 2 is 1.70 bits per heavy atom. The average molecular weight is 455 g/mol. The van der Waals surface area contributed by atoms with Crippen molar-refractivity contribution in [2.45, 2.75) is 32.9 Å². The molecule has 1 N–H and O–H groups in total. The van der Waals surface area contributed by atoms with E-state index in [9.17, 15) is 18.4 Å².